The number of nitrogens with one attached hydrogen (secondary N) is 1. The largest absolute Gasteiger partial charge is 0.356 e. The van der Waals surface area contributed by atoms with Gasteiger partial charge < -0.3 is 29.8 Å². The Morgan fingerprint density at radius 2 is 0.500 bits per heavy atom. The van der Waals surface area contributed by atoms with Gasteiger partial charge >= 0.3 is 0 Å². The summed E-state index contributed by atoms with van der Waals surface area (Å²) in [6.45, 7) is 34.0. The topological polar surface area (TPSA) is 28.2 Å². The van der Waals surface area contributed by atoms with Gasteiger partial charge in [-0.1, -0.05) is 193 Å². The molecule has 21 rings (SSSR count). The van der Waals surface area contributed by atoms with Gasteiger partial charge in [-0.15, -0.1) is 0 Å². The monoisotopic (exact) mass is 1470 g/mol. The number of hydrogen-bond acceptors (Lipinski definition) is 6. The van der Waals surface area contributed by atoms with Crippen LogP contribution in [0.5, 0.6) is 0 Å². The van der Waals surface area contributed by atoms with E-state index in [2.05, 4.69) is 395 Å². The zero-order chi connectivity index (χ0) is 77.9. The minimum atomic E-state index is -0.289. The van der Waals surface area contributed by atoms with Crippen molar-refractivity contribution < 1.29 is 0 Å². The summed E-state index contributed by atoms with van der Waals surface area (Å²) >= 11 is 0. The molecule has 15 aromatic rings. The molecular weight excluding hydrogens is 1380 g/mol. The molecule has 9 heteroatoms. The predicted molar refractivity (Wildman–Crippen MR) is 491 cm³/mol. The second-order valence-electron chi connectivity index (χ2n) is 33.7. The van der Waals surface area contributed by atoms with Gasteiger partial charge in [0.25, 0.3) is 20.1 Å². The van der Waals surface area contributed by atoms with Crippen LogP contribution < -0.4 is 79.0 Å². The summed E-state index contributed by atoms with van der Waals surface area (Å²) in [6, 6.07) is 102. The third-order valence-corrected chi connectivity index (χ3v) is 26.0. The first-order valence-corrected chi connectivity index (χ1v) is 40.6. The summed E-state index contributed by atoms with van der Waals surface area (Å²) in [5, 5.41) is 4.37. The highest BCUT2D eigenvalue weighted by molar-refractivity contribution is 7.04. The fourth-order valence-electron chi connectivity index (χ4n) is 22.0. The molecule has 0 bridgehead atoms. The standard InChI is InChI=1S/C105H89B3N6/c1-59-43-68(10)103(69(11)44-59)112-89-57-85-81(106-79-39-22-24-41-87(79)110(77-35-18-16-19-36-77)92-50-74(49-86(109-85)100(92)106)97-62(4)29-26-30-63(97)5)55-82(89)108-84-56-83-90(58-91(84)114(105-72(14)47-61(3)48-73(105)15)96-54-76(53-95(112)102(96)108)99-66(8)33-28-34-67(99)9)113(104-70(12)45-60(2)46-71(104)13)94-52-75(98-64(6)31-27-32-65(98)7)51-93-101(94)107(83)80-40-23-25-42-88(80)111(93)78-37-20-17-21-38-78/h16-58,109H,1-15H3. The molecule has 548 valence electrons. The van der Waals surface area contributed by atoms with Crippen LogP contribution in [0.3, 0.4) is 0 Å². The van der Waals surface area contributed by atoms with Crippen molar-refractivity contribution in [3.8, 4) is 33.4 Å². The predicted octanol–water partition coefficient (Wildman–Crippen LogP) is 21.8. The zero-order valence-corrected chi connectivity index (χ0v) is 67.8. The maximum Gasteiger partial charge on any atom is 0.252 e. The molecule has 0 fully saturated rings. The molecule has 1 N–H and O–H groups in total. The van der Waals surface area contributed by atoms with Gasteiger partial charge in [0.15, 0.2) is 0 Å². The molecule has 0 unspecified atom stereocenters. The second kappa shape index (κ2) is 25.7. The molecule has 6 aliphatic rings. The van der Waals surface area contributed by atoms with Crippen LogP contribution in [-0.2, 0) is 0 Å². The number of benzene rings is 15. The highest BCUT2D eigenvalue weighted by Crippen LogP contribution is 2.55. The van der Waals surface area contributed by atoms with E-state index in [4.69, 9.17) is 0 Å². The summed E-state index contributed by atoms with van der Waals surface area (Å²) < 4.78 is 0. The minimum Gasteiger partial charge on any atom is -0.356 e. The Morgan fingerprint density at radius 1 is 0.202 bits per heavy atom. The number of para-hydroxylation sites is 4. The van der Waals surface area contributed by atoms with E-state index in [1.54, 1.807) is 0 Å². The van der Waals surface area contributed by atoms with E-state index in [9.17, 15) is 0 Å². The average Bonchev–Trinajstić information content (AvgIpc) is 0.683. The van der Waals surface area contributed by atoms with Crippen molar-refractivity contribution in [2.75, 3.05) is 29.8 Å². The Labute approximate surface area is 672 Å². The van der Waals surface area contributed by atoms with Gasteiger partial charge in [-0.3, -0.25) is 0 Å². The third kappa shape index (κ3) is 10.2. The Balaban J connectivity index is 0.928. The van der Waals surface area contributed by atoms with Crippen LogP contribution in [0.15, 0.2) is 261 Å². The number of aryl methyl sites for hydroxylation is 15. The lowest BCUT2D eigenvalue weighted by Gasteiger charge is -2.48. The maximum atomic E-state index is 4.37. The highest BCUT2D eigenvalue weighted by Gasteiger charge is 2.51. The van der Waals surface area contributed by atoms with Crippen molar-refractivity contribution in [1.29, 1.82) is 0 Å². The van der Waals surface area contributed by atoms with Crippen molar-refractivity contribution in [2.24, 2.45) is 0 Å². The second-order valence-corrected chi connectivity index (χ2v) is 33.7. The van der Waals surface area contributed by atoms with Gasteiger partial charge in [0.05, 0.1) is 17.1 Å². The van der Waals surface area contributed by atoms with Crippen molar-refractivity contribution in [2.45, 2.75) is 104 Å². The Kier molecular flexibility index (Phi) is 15.6. The number of fused-ring (bicyclic) bond motifs is 12. The molecule has 0 aliphatic carbocycles. The molecule has 0 atom stereocenters. The lowest BCUT2D eigenvalue weighted by atomic mass is 9.29. The van der Waals surface area contributed by atoms with Gasteiger partial charge in [-0.2, -0.15) is 0 Å². The molecule has 0 spiro atoms. The number of anilines is 17. The van der Waals surface area contributed by atoms with E-state index in [0.29, 0.717) is 0 Å². The fourth-order valence-corrected chi connectivity index (χ4v) is 22.0. The number of hydrogen-bond donors (Lipinski definition) is 1. The summed E-state index contributed by atoms with van der Waals surface area (Å²) in [6.07, 6.45) is 0. The molecule has 15 aromatic carbocycles. The molecule has 6 aliphatic heterocycles. The van der Waals surface area contributed by atoms with E-state index in [1.807, 2.05) is 0 Å². The van der Waals surface area contributed by atoms with Crippen molar-refractivity contribution in [1.82, 2.24) is 0 Å². The first-order chi connectivity index (χ1) is 55.3. The Morgan fingerprint density at radius 3 is 0.877 bits per heavy atom. The van der Waals surface area contributed by atoms with Crippen LogP contribution in [0.2, 0.25) is 0 Å². The Bertz CT molecular complexity index is 6580. The van der Waals surface area contributed by atoms with E-state index < -0.39 is 0 Å². The molecule has 6 nitrogen and oxygen atoms in total. The van der Waals surface area contributed by atoms with Gasteiger partial charge in [0, 0.05) is 79.6 Å². The van der Waals surface area contributed by atoms with Crippen LogP contribution in [0.25, 0.3) is 33.4 Å². The number of rotatable bonds is 8. The first-order valence-electron chi connectivity index (χ1n) is 40.6. The molecule has 114 heavy (non-hydrogen) atoms. The van der Waals surface area contributed by atoms with Gasteiger partial charge in [-0.05, 0) is 338 Å². The molecular formula is C105H89B3N6. The van der Waals surface area contributed by atoms with Gasteiger partial charge in [0.1, 0.15) is 0 Å². The molecule has 0 radical (unpaired) electrons. The molecule has 6 heterocycles. The smallest absolute Gasteiger partial charge is 0.252 e. The summed E-state index contributed by atoms with van der Waals surface area (Å²) in [4.78, 5) is 13.3. The molecule has 0 aromatic heterocycles. The Hall–Kier alpha value is -12.7. The first kappa shape index (κ1) is 69.3. The van der Waals surface area contributed by atoms with Crippen LogP contribution in [-0.4, -0.2) is 20.1 Å². The lowest BCUT2D eigenvalue weighted by molar-refractivity contribution is 1.18. The zero-order valence-electron chi connectivity index (χ0n) is 67.8. The lowest BCUT2D eigenvalue weighted by Crippen LogP contribution is -2.66. The normalized spacial score (nSPS) is 13.5. The quantitative estimate of drug-likeness (QED) is 0.153. The average molecular weight is 1470 g/mol. The van der Waals surface area contributed by atoms with E-state index in [0.717, 1.165) is 22.7 Å². The number of nitrogens with zero attached hydrogens (tertiary/aromatic N) is 5. The van der Waals surface area contributed by atoms with Crippen molar-refractivity contribution in [3.05, 3.63) is 344 Å². The molecule has 0 amide bonds. The SMILES string of the molecule is Cc1cc(C)c(N2c3cc4c(cc3B3c5ccccc5N(c5ccccc5)c5cc(-c6c(C)cccc6C)cc2c53)B2c3cc5c(cc3N(c3c(C)cc(C)cc3C)c3cc(-c6c(C)cccc6C)cc(c32)N4c2c(C)cc(C)cc2C)Nc2cc(-c3c(C)cccc3C)cc3c2B5c2ccccc2N3c2ccccc2)c(C)c1. The van der Waals surface area contributed by atoms with Crippen LogP contribution in [0.1, 0.15) is 83.5 Å². The summed E-state index contributed by atoms with van der Waals surface area (Å²) in [5.41, 5.74) is 57.5. The third-order valence-electron chi connectivity index (χ3n) is 26.0. The van der Waals surface area contributed by atoms with Crippen molar-refractivity contribution >= 4 is 166 Å². The molecule has 0 saturated carbocycles. The van der Waals surface area contributed by atoms with Crippen LogP contribution >= 0.6 is 0 Å². The highest BCUT2D eigenvalue weighted by atomic mass is 15.2. The van der Waals surface area contributed by atoms with Crippen molar-refractivity contribution in [3.63, 3.8) is 0 Å². The molecule has 0 saturated heterocycles. The van der Waals surface area contributed by atoms with Gasteiger partial charge in [0.2, 0.25) is 0 Å². The fraction of sp³-hybridized carbons (Fsp3) is 0.143. The minimum absolute atomic E-state index is 0.145. The maximum absolute atomic E-state index is 4.37. The summed E-state index contributed by atoms with van der Waals surface area (Å²) in [7, 11) is 0. The van der Waals surface area contributed by atoms with Gasteiger partial charge in [-0.25, -0.2) is 0 Å². The summed E-state index contributed by atoms with van der Waals surface area (Å²) in [5.74, 6) is 0. The van der Waals surface area contributed by atoms with Crippen LogP contribution in [0, 0.1) is 104 Å². The van der Waals surface area contributed by atoms with E-state index in [-0.39, 0.29) is 20.1 Å². The van der Waals surface area contributed by atoms with Crippen LogP contribution in [0.4, 0.5) is 96.7 Å². The van der Waals surface area contributed by atoms with E-state index in [1.165, 1.54) is 240 Å². The van der Waals surface area contributed by atoms with E-state index >= 15 is 0 Å².